The number of alkyl halides is 3. The monoisotopic (exact) mass is 532 g/mol. The van der Waals surface area contributed by atoms with E-state index in [-0.39, 0.29) is 31.9 Å². The molecule has 0 radical (unpaired) electrons. The summed E-state index contributed by atoms with van der Waals surface area (Å²) in [5.41, 5.74) is -0.980. The van der Waals surface area contributed by atoms with E-state index >= 15 is 0 Å². The Hall–Kier alpha value is -2.82. The molecule has 3 rings (SSSR count). The Bertz CT molecular complexity index is 1330. The number of hydrogen-bond acceptors (Lipinski definition) is 5. The molecule has 1 aromatic heterocycles. The van der Waals surface area contributed by atoms with Gasteiger partial charge in [-0.1, -0.05) is 29.3 Å². The molecule has 0 aliphatic rings. The average molecular weight is 533 g/mol. The number of sulfonamides is 1. The number of methoxy groups -OCH3 is 1. The van der Waals surface area contributed by atoms with Gasteiger partial charge in [-0.15, -0.1) is 0 Å². The van der Waals surface area contributed by atoms with Crippen molar-refractivity contribution in [1.82, 2.24) is 4.98 Å². The second-order valence-electron chi connectivity index (χ2n) is 7.12. The lowest BCUT2D eigenvalue weighted by atomic mass is 10.1. The zero-order valence-electron chi connectivity index (χ0n) is 17.7. The summed E-state index contributed by atoms with van der Waals surface area (Å²) in [6.07, 6.45) is -3.58. The standard InChI is InChI=1S/C22H17Cl2F3N2O4S/c1-13-9-17(24)11-28-20(13)29(12-15-3-6-16(23)10-19(15)22(25,26)27)34(31,32)18-7-4-14(5-8-18)21(30)33-2/h3-11H,12H2,1-2H3. The number of nitrogens with zero attached hydrogens (tertiary/aromatic N) is 2. The second-order valence-corrected chi connectivity index (χ2v) is 9.86. The third kappa shape index (κ3) is 5.45. The van der Waals surface area contributed by atoms with Crippen molar-refractivity contribution in [2.45, 2.75) is 24.5 Å². The van der Waals surface area contributed by atoms with E-state index in [2.05, 4.69) is 9.72 Å². The summed E-state index contributed by atoms with van der Waals surface area (Å²) in [5.74, 6) is -0.781. The third-order valence-electron chi connectivity index (χ3n) is 4.81. The van der Waals surface area contributed by atoms with Gasteiger partial charge in [0.15, 0.2) is 0 Å². The van der Waals surface area contributed by atoms with Crippen LogP contribution in [0.1, 0.15) is 27.0 Å². The predicted octanol–water partition coefficient (Wildman–Crippen LogP) is 5.90. The smallest absolute Gasteiger partial charge is 0.416 e. The summed E-state index contributed by atoms with van der Waals surface area (Å²) in [6.45, 7) is 0.839. The minimum atomic E-state index is -4.78. The molecule has 180 valence electrons. The van der Waals surface area contributed by atoms with E-state index in [1.165, 1.54) is 44.5 Å². The number of aryl methyl sites for hydroxylation is 1. The Morgan fingerprint density at radius 1 is 1.06 bits per heavy atom. The molecule has 34 heavy (non-hydrogen) atoms. The first kappa shape index (κ1) is 25.8. The van der Waals surface area contributed by atoms with E-state index in [0.29, 0.717) is 5.56 Å². The highest BCUT2D eigenvalue weighted by atomic mass is 35.5. The molecule has 0 spiro atoms. The highest BCUT2D eigenvalue weighted by Crippen LogP contribution is 2.36. The molecule has 0 bridgehead atoms. The molecule has 0 fully saturated rings. The maximum absolute atomic E-state index is 13.7. The Morgan fingerprint density at radius 2 is 1.71 bits per heavy atom. The molecular weight excluding hydrogens is 516 g/mol. The number of halogens is 5. The van der Waals surface area contributed by atoms with Crippen LogP contribution in [-0.2, 0) is 27.5 Å². The van der Waals surface area contributed by atoms with Gasteiger partial charge in [0.05, 0.1) is 34.7 Å². The lowest BCUT2D eigenvalue weighted by Gasteiger charge is -2.26. The topological polar surface area (TPSA) is 76.6 Å². The number of benzene rings is 2. The molecular formula is C22H17Cl2F3N2O4S. The van der Waals surface area contributed by atoms with Crippen LogP contribution in [0.3, 0.4) is 0 Å². The third-order valence-corrected chi connectivity index (χ3v) is 7.00. The first-order valence-electron chi connectivity index (χ1n) is 9.53. The van der Waals surface area contributed by atoms with Crippen LogP contribution in [0.4, 0.5) is 19.0 Å². The SMILES string of the molecule is COC(=O)c1ccc(S(=O)(=O)N(Cc2ccc(Cl)cc2C(F)(F)F)c2ncc(Cl)cc2C)cc1. The number of anilines is 1. The van der Waals surface area contributed by atoms with Crippen LogP contribution in [0.25, 0.3) is 0 Å². The molecule has 1 heterocycles. The molecule has 0 N–H and O–H groups in total. The highest BCUT2D eigenvalue weighted by molar-refractivity contribution is 7.92. The summed E-state index contributed by atoms with van der Waals surface area (Å²) >= 11 is 11.7. The van der Waals surface area contributed by atoms with Gasteiger partial charge in [-0.2, -0.15) is 13.2 Å². The molecule has 0 unspecified atom stereocenters. The van der Waals surface area contributed by atoms with Gasteiger partial charge in [0, 0.05) is 11.2 Å². The fourth-order valence-corrected chi connectivity index (χ4v) is 5.03. The van der Waals surface area contributed by atoms with E-state index in [1.807, 2.05) is 0 Å². The van der Waals surface area contributed by atoms with Gasteiger partial charge >= 0.3 is 12.1 Å². The number of pyridine rings is 1. The Kier molecular flexibility index (Phi) is 7.44. The van der Waals surface area contributed by atoms with Crippen molar-refractivity contribution in [2.75, 3.05) is 11.4 Å². The fourth-order valence-electron chi connectivity index (χ4n) is 3.18. The molecule has 3 aromatic rings. The molecule has 6 nitrogen and oxygen atoms in total. The fraction of sp³-hybridized carbons (Fsp3) is 0.182. The zero-order valence-corrected chi connectivity index (χ0v) is 20.1. The van der Waals surface area contributed by atoms with Crippen LogP contribution in [0.5, 0.6) is 0 Å². The Morgan fingerprint density at radius 3 is 2.26 bits per heavy atom. The number of carbonyl (C=O) groups excluding carboxylic acids is 1. The van der Waals surface area contributed by atoms with E-state index in [9.17, 15) is 26.4 Å². The van der Waals surface area contributed by atoms with Gasteiger partial charge in [0.1, 0.15) is 5.82 Å². The van der Waals surface area contributed by atoms with Crippen LogP contribution in [0.15, 0.2) is 59.6 Å². The van der Waals surface area contributed by atoms with E-state index in [0.717, 1.165) is 28.6 Å². The van der Waals surface area contributed by atoms with Crippen molar-refractivity contribution >= 4 is 45.0 Å². The number of aromatic nitrogens is 1. The molecule has 0 saturated carbocycles. The minimum Gasteiger partial charge on any atom is -0.465 e. The van der Waals surface area contributed by atoms with Crippen LogP contribution in [0, 0.1) is 6.92 Å². The number of ether oxygens (including phenoxy) is 1. The lowest BCUT2D eigenvalue weighted by molar-refractivity contribution is -0.138. The van der Waals surface area contributed by atoms with Crippen LogP contribution >= 0.6 is 23.2 Å². The molecule has 0 amide bonds. The van der Waals surface area contributed by atoms with Crippen molar-refractivity contribution in [3.8, 4) is 0 Å². The summed E-state index contributed by atoms with van der Waals surface area (Å²) in [7, 11) is -3.26. The number of rotatable bonds is 6. The van der Waals surface area contributed by atoms with Crippen molar-refractivity contribution in [1.29, 1.82) is 0 Å². The summed E-state index contributed by atoms with van der Waals surface area (Å²) in [6, 6.07) is 9.32. The summed E-state index contributed by atoms with van der Waals surface area (Å²) in [5, 5.41) is 0.0770. The summed E-state index contributed by atoms with van der Waals surface area (Å²) in [4.78, 5) is 15.5. The van der Waals surface area contributed by atoms with E-state index in [4.69, 9.17) is 23.2 Å². The van der Waals surface area contributed by atoms with Gasteiger partial charge in [0.2, 0.25) is 0 Å². The quantitative estimate of drug-likeness (QED) is 0.369. The van der Waals surface area contributed by atoms with Gasteiger partial charge < -0.3 is 4.74 Å². The molecule has 0 atom stereocenters. The largest absolute Gasteiger partial charge is 0.465 e. The normalized spacial score (nSPS) is 11.9. The number of esters is 1. The Labute approximate surface area is 203 Å². The number of carbonyl (C=O) groups is 1. The molecule has 0 aliphatic heterocycles. The van der Waals surface area contributed by atoms with Gasteiger partial charge in [-0.3, -0.25) is 0 Å². The minimum absolute atomic E-state index is 0.103. The zero-order chi connectivity index (χ0) is 25.3. The van der Waals surface area contributed by atoms with Crippen LogP contribution < -0.4 is 4.31 Å². The van der Waals surface area contributed by atoms with Gasteiger partial charge in [0.25, 0.3) is 10.0 Å². The molecule has 12 heteroatoms. The van der Waals surface area contributed by atoms with Gasteiger partial charge in [-0.05, 0) is 60.5 Å². The van der Waals surface area contributed by atoms with Crippen molar-refractivity contribution in [3.63, 3.8) is 0 Å². The molecule has 2 aromatic carbocycles. The lowest BCUT2D eigenvalue weighted by Crippen LogP contribution is -2.33. The van der Waals surface area contributed by atoms with Gasteiger partial charge in [-0.25, -0.2) is 22.5 Å². The molecule has 0 aliphatic carbocycles. The maximum atomic E-state index is 13.7. The van der Waals surface area contributed by atoms with Crippen molar-refractivity contribution < 1.29 is 31.1 Å². The van der Waals surface area contributed by atoms with Crippen LogP contribution in [0.2, 0.25) is 10.0 Å². The molecule has 0 saturated heterocycles. The number of hydrogen-bond donors (Lipinski definition) is 0. The highest BCUT2D eigenvalue weighted by Gasteiger charge is 2.36. The van der Waals surface area contributed by atoms with Crippen molar-refractivity contribution in [3.05, 3.63) is 87.0 Å². The van der Waals surface area contributed by atoms with Crippen LogP contribution in [-0.4, -0.2) is 26.5 Å². The predicted molar refractivity (Wildman–Crippen MR) is 122 cm³/mol. The average Bonchev–Trinajstić information content (AvgIpc) is 2.77. The first-order valence-corrected chi connectivity index (χ1v) is 11.7. The summed E-state index contributed by atoms with van der Waals surface area (Å²) < 4.78 is 73.6. The maximum Gasteiger partial charge on any atom is 0.416 e. The van der Waals surface area contributed by atoms with E-state index in [1.54, 1.807) is 0 Å². The van der Waals surface area contributed by atoms with Crippen molar-refractivity contribution in [2.24, 2.45) is 0 Å². The second kappa shape index (κ2) is 9.81. The Balaban J connectivity index is 2.17. The van der Waals surface area contributed by atoms with E-state index < -0.39 is 34.3 Å². The first-order chi connectivity index (χ1) is 15.8.